The first-order valence-electron chi connectivity index (χ1n) is 9.23. The van der Waals surface area contributed by atoms with Gasteiger partial charge in [-0.3, -0.25) is 9.59 Å². The summed E-state index contributed by atoms with van der Waals surface area (Å²) >= 11 is 0. The average molecular weight is 396 g/mol. The van der Waals surface area contributed by atoms with Crippen LogP contribution in [0.1, 0.15) is 12.5 Å². The second kappa shape index (κ2) is 8.79. The fraction of sp³-hybridized carbons (Fsp3) is 0.273. The number of aliphatic hydroxyl groups is 1. The van der Waals surface area contributed by atoms with Gasteiger partial charge in [0.05, 0.1) is 33.3 Å². The van der Waals surface area contributed by atoms with E-state index in [4.69, 9.17) is 9.47 Å². The van der Waals surface area contributed by atoms with E-state index in [1.807, 2.05) is 0 Å². The van der Waals surface area contributed by atoms with E-state index in [1.165, 1.54) is 4.57 Å². The molecule has 0 saturated heterocycles. The fourth-order valence-corrected chi connectivity index (χ4v) is 3.20. The Morgan fingerprint density at radius 3 is 2.41 bits per heavy atom. The molecule has 0 aliphatic carbocycles. The third-order valence-corrected chi connectivity index (χ3v) is 4.53. The number of anilines is 1. The number of methoxy groups -OCH3 is 2. The van der Waals surface area contributed by atoms with Gasteiger partial charge in [-0.1, -0.05) is 6.07 Å². The lowest BCUT2D eigenvalue weighted by Crippen LogP contribution is -2.25. The molecule has 7 heteroatoms. The Bertz CT molecular complexity index is 1070. The molecule has 0 radical (unpaired) electrons. The molecule has 2 N–H and O–H groups in total. The predicted octanol–water partition coefficient (Wildman–Crippen LogP) is 2.58. The SMILES string of the molecule is COc1cc(CC(=O)Nc2cccc3c(=O)n(CC(C)O)ccc23)cc(OC)c1. The van der Waals surface area contributed by atoms with Crippen molar-refractivity contribution in [1.29, 1.82) is 0 Å². The van der Waals surface area contributed by atoms with Gasteiger partial charge < -0.3 is 24.5 Å². The van der Waals surface area contributed by atoms with E-state index in [2.05, 4.69) is 5.32 Å². The third kappa shape index (κ3) is 4.75. The van der Waals surface area contributed by atoms with E-state index >= 15 is 0 Å². The van der Waals surface area contributed by atoms with Crippen molar-refractivity contribution in [1.82, 2.24) is 4.57 Å². The molecule has 1 amide bonds. The Labute approximate surface area is 168 Å². The van der Waals surface area contributed by atoms with Gasteiger partial charge in [-0.15, -0.1) is 0 Å². The van der Waals surface area contributed by atoms with Crippen molar-refractivity contribution in [3.05, 3.63) is 64.6 Å². The summed E-state index contributed by atoms with van der Waals surface area (Å²) in [7, 11) is 3.11. The van der Waals surface area contributed by atoms with Gasteiger partial charge in [0.25, 0.3) is 5.56 Å². The maximum Gasteiger partial charge on any atom is 0.258 e. The van der Waals surface area contributed by atoms with Gasteiger partial charge in [-0.25, -0.2) is 0 Å². The molecule has 0 bridgehead atoms. The molecule has 0 saturated carbocycles. The lowest BCUT2D eigenvalue weighted by Gasteiger charge is -2.13. The number of amides is 1. The van der Waals surface area contributed by atoms with Crippen LogP contribution in [0, 0.1) is 0 Å². The van der Waals surface area contributed by atoms with Gasteiger partial charge >= 0.3 is 0 Å². The number of fused-ring (bicyclic) bond motifs is 1. The molecular weight excluding hydrogens is 372 g/mol. The monoisotopic (exact) mass is 396 g/mol. The van der Waals surface area contributed by atoms with E-state index in [1.54, 1.807) is 69.8 Å². The zero-order valence-electron chi connectivity index (χ0n) is 16.6. The number of aliphatic hydroxyl groups excluding tert-OH is 1. The third-order valence-electron chi connectivity index (χ3n) is 4.53. The molecule has 1 unspecified atom stereocenters. The quantitative estimate of drug-likeness (QED) is 0.641. The van der Waals surface area contributed by atoms with Crippen LogP contribution in [-0.4, -0.2) is 35.9 Å². The van der Waals surface area contributed by atoms with Crippen LogP contribution >= 0.6 is 0 Å². The second-order valence-corrected chi connectivity index (χ2v) is 6.83. The lowest BCUT2D eigenvalue weighted by atomic mass is 10.1. The number of nitrogens with one attached hydrogen (secondary N) is 1. The maximum atomic E-state index is 12.6. The number of ether oxygens (including phenoxy) is 2. The van der Waals surface area contributed by atoms with E-state index < -0.39 is 6.10 Å². The summed E-state index contributed by atoms with van der Waals surface area (Å²) in [4.78, 5) is 25.3. The minimum absolute atomic E-state index is 0.128. The van der Waals surface area contributed by atoms with Crippen molar-refractivity contribution < 1.29 is 19.4 Å². The second-order valence-electron chi connectivity index (χ2n) is 6.83. The zero-order valence-corrected chi connectivity index (χ0v) is 16.6. The fourth-order valence-electron chi connectivity index (χ4n) is 3.20. The van der Waals surface area contributed by atoms with Gasteiger partial charge in [0.1, 0.15) is 11.5 Å². The van der Waals surface area contributed by atoms with Crippen LogP contribution in [0.5, 0.6) is 11.5 Å². The first-order chi connectivity index (χ1) is 13.9. The number of hydrogen-bond donors (Lipinski definition) is 2. The van der Waals surface area contributed by atoms with Crippen molar-refractivity contribution >= 4 is 22.4 Å². The molecule has 0 aliphatic heterocycles. The molecule has 1 atom stereocenters. The molecule has 0 spiro atoms. The van der Waals surface area contributed by atoms with Gasteiger partial charge in [-0.05, 0) is 42.8 Å². The number of hydrogen-bond acceptors (Lipinski definition) is 5. The molecule has 0 fully saturated rings. The standard InChI is InChI=1S/C22H24N2O5/c1-14(25)13-24-8-7-18-19(22(24)27)5-4-6-20(18)23-21(26)11-15-9-16(28-2)12-17(10-15)29-3/h4-10,12,14,25H,11,13H2,1-3H3,(H,23,26). The van der Waals surface area contributed by atoms with Crippen molar-refractivity contribution in [3.63, 3.8) is 0 Å². The molecule has 0 aliphatic rings. The average Bonchev–Trinajstić information content (AvgIpc) is 2.69. The summed E-state index contributed by atoms with van der Waals surface area (Å²) in [5.74, 6) is 0.993. The highest BCUT2D eigenvalue weighted by atomic mass is 16.5. The van der Waals surface area contributed by atoms with E-state index in [9.17, 15) is 14.7 Å². The molecular formula is C22H24N2O5. The smallest absolute Gasteiger partial charge is 0.258 e. The molecule has 152 valence electrons. The highest BCUT2D eigenvalue weighted by Crippen LogP contribution is 2.24. The molecule has 7 nitrogen and oxygen atoms in total. The number of aromatic nitrogens is 1. The highest BCUT2D eigenvalue weighted by Gasteiger charge is 2.12. The molecule has 1 heterocycles. The van der Waals surface area contributed by atoms with Gasteiger partial charge in [0, 0.05) is 28.7 Å². The van der Waals surface area contributed by atoms with Crippen LogP contribution in [0.3, 0.4) is 0 Å². The normalized spacial score (nSPS) is 11.9. The Balaban J connectivity index is 1.86. The Hall–Kier alpha value is -3.32. The summed E-state index contributed by atoms with van der Waals surface area (Å²) < 4.78 is 11.9. The van der Waals surface area contributed by atoms with Crippen molar-refractivity contribution in [2.75, 3.05) is 19.5 Å². The number of nitrogens with zero attached hydrogens (tertiary/aromatic N) is 1. The minimum atomic E-state index is -0.632. The number of rotatable bonds is 7. The van der Waals surface area contributed by atoms with E-state index in [0.717, 1.165) is 5.56 Å². The summed E-state index contributed by atoms with van der Waals surface area (Å²) in [6.07, 6.45) is 1.12. The van der Waals surface area contributed by atoms with Crippen LogP contribution in [0.15, 0.2) is 53.5 Å². The zero-order chi connectivity index (χ0) is 21.0. The summed E-state index contributed by atoms with van der Waals surface area (Å²) in [6.45, 7) is 1.84. The first-order valence-corrected chi connectivity index (χ1v) is 9.23. The summed E-state index contributed by atoms with van der Waals surface area (Å²) in [5, 5.41) is 13.6. The van der Waals surface area contributed by atoms with Crippen LogP contribution in [-0.2, 0) is 17.8 Å². The summed E-state index contributed by atoms with van der Waals surface area (Å²) in [5.41, 5.74) is 1.10. The number of carbonyl (C=O) groups excluding carboxylic acids is 1. The molecule has 29 heavy (non-hydrogen) atoms. The molecule has 3 aromatic rings. The number of carbonyl (C=O) groups is 1. The number of pyridine rings is 1. The topological polar surface area (TPSA) is 89.8 Å². The van der Waals surface area contributed by atoms with Crippen molar-refractivity contribution in [2.45, 2.75) is 26.0 Å². The Kier molecular flexibility index (Phi) is 6.19. The lowest BCUT2D eigenvalue weighted by molar-refractivity contribution is -0.115. The van der Waals surface area contributed by atoms with Gasteiger partial charge in [0.15, 0.2) is 0 Å². The van der Waals surface area contributed by atoms with Crippen LogP contribution < -0.4 is 20.3 Å². The van der Waals surface area contributed by atoms with Crippen LogP contribution in [0.25, 0.3) is 10.8 Å². The minimum Gasteiger partial charge on any atom is -0.497 e. The predicted molar refractivity (Wildman–Crippen MR) is 112 cm³/mol. The van der Waals surface area contributed by atoms with Crippen LogP contribution in [0.2, 0.25) is 0 Å². The Morgan fingerprint density at radius 2 is 1.79 bits per heavy atom. The summed E-state index contributed by atoms with van der Waals surface area (Å²) in [6, 6.07) is 12.2. The maximum absolute atomic E-state index is 12.6. The van der Waals surface area contributed by atoms with E-state index in [0.29, 0.717) is 28.0 Å². The highest BCUT2D eigenvalue weighted by molar-refractivity contribution is 6.02. The first kappa shape index (κ1) is 20.4. The molecule has 2 aromatic carbocycles. The van der Waals surface area contributed by atoms with E-state index in [-0.39, 0.29) is 24.4 Å². The van der Waals surface area contributed by atoms with Gasteiger partial charge in [0.2, 0.25) is 5.91 Å². The van der Waals surface area contributed by atoms with Crippen LogP contribution in [0.4, 0.5) is 5.69 Å². The largest absolute Gasteiger partial charge is 0.497 e. The van der Waals surface area contributed by atoms with Gasteiger partial charge in [-0.2, -0.15) is 0 Å². The molecule has 1 aromatic heterocycles. The van der Waals surface area contributed by atoms with Crippen molar-refractivity contribution in [2.24, 2.45) is 0 Å². The number of benzene rings is 2. The van der Waals surface area contributed by atoms with Crippen molar-refractivity contribution in [3.8, 4) is 11.5 Å². The molecule has 3 rings (SSSR count). The Morgan fingerprint density at radius 1 is 1.10 bits per heavy atom.